The fourth-order valence-corrected chi connectivity index (χ4v) is 2.10. The van der Waals surface area contributed by atoms with Gasteiger partial charge in [0.05, 0.1) is 17.9 Å². The number of nitrogens with two attached hydrogens (primary N) is 1. The second kappa shape index (κ2) is 5.82. The summed E-state index contributed by atoms with van der Waals surface area (Å²) in [6.45, 7) is 6.59. The molecule has 0 amide bonds. The average molecular weight is 247 g/mol. The number of aryl methyl sites for hydroxylation is 2. The summed E-state index contributed by atoms with van der Waals surface area (Å²) in [7, 11) is 0. The number of rotatable bonds is 6. The molecule has 2 rings (SSSR count). The fourth-order valence-electron chi connectivity index (χ4n) is 2.10. The van der Waals surface area contributed by atoms with Crippen molar-refractivity contribution in [1.82, 2.24) is 19.3 Å². The molecule has 0 aliphatic carbocycles. The third kappa shape index (κ3) is 2.61. The van der Waals surface area contributed by atoms with E-state index in [0.717, 1.165) is 37.4 Å². The van der Waals surface area contributed by atoms with Gasteiger partial charge in [0.1, 0.15) is 5.82 Å². The standard InChI is InChI=1S/C13H21N5/c1-3-11-9-12(18(4-2)16-11)10-17-8-7-15-13(17)5-6-14/h7-9H,3-6,10,14H2,1-2H3. The van der Waals surface area contributed by atoms with E-state index in [0.29, 0.717) is 6.54 Å². The van der Waals surface area contributed by atoms with Gasteiger partial charge >= 0.3 is 0 Å². The van der Waals surface area contributed by atoms with E-state index < -0.39 is 0 Å². The first-order valence-corrected chi connectivity index (χ1v) is 6.54. The Morgan fingerprint density at radius 1 is 1.33 bits per heavy atom. The molecule has 0 fully saturated rings. The first-order chi connectivity index (χ1) is 8.78. The molecular weight excluding hydrogens is 226 g/mol. The largest absolute Gasteiger partial charge is 0.330 e. The number of aromatic nitrogens is 4. The molecule has 0 radical (unpaired) electrons. The summed E-state index contributed by atoms with van der Waals surface area (Å²) in [6, 6.07) is 2.18. The first-order valence-electron chi connectivity index (χ1n) is 6.54. The molecule has 0 bridgehead atoms. The zero-order valence-corrected chi connectivity index (χ0v) is 11.1. The molecule has 2 aromatic rings. The molecule has 18 heavy (non-hydrogen) atoms. The van der Waals surface area contributed by atoms with E-state index >= 15 is 0 Å². The maximum atomic E-state index is 5.59. The highest BCUT2D eigenvalue weighted by molar-refractivity contribution is 5.12. The minimum absolute atomic E-state index is 0.629. The van der Waals surface area contributed by atoms with Gasteiger partial charge in [-0.3, -0.25) is 4.68 Å². The van der Waals surface area contributed by atoms with E-state index in [1.807, 2.05) is 12.4 Å². The van der Waals surface area contributed by atoms with Crippen LogP contribution in [0.5, 0.6) is 0 Å². The van der Waals surface area contributed by atoms with Crippen molar-refractivity contribution < 1.29 is 0 Å². The molecule has 2 aromatic heterocycles. The summed E-state index contributed by atoms with van der Waals surface area (Å²) in [5.74, 6) is 1.04. The lowest BCUT2D eigenvalue weighted by Gasteiger charge is -2.08. The molecule has 0 saturated heterocycles. The van der Waals surface area contributed by atoms with Gasteiger partial charge in [0.2, 0.25) is 0 Å². The highest BCUT2D eigenvalue weighted by Crippen LogP contribution is 2.09. The van der Waals surface area contributed by atoms with E-state index in [2.05, 4.69) is 39.2 Å². The summed E-state index contributed by atoms with van der Waals surface area (Å²) in [6.07, 6.45) is 5.62. The number of hydrogen-bond donors (Lipinski definition) is 1. The summed E-state index contributed by atoms with van der Waals surface area (Å²) in [5.41, 5.74) is 7.97. The Morgan fingerprint density at radius 3 is 2.83 bits per heavy atom. The van der Waals surface area contributed by atoms with Crippen LogP contribution in [-0.4, -0.2) is 25.9 Å². The lowest BCUT2D eigenvalue weighted by molar-refractivity contribution is 0.586. The molecule has 0 spiro atoms. The van der Waals surface area contributed by atoms with Crippen molar-refractivity contribution in [2.45, 2.75) is 39.8 Å². The Kier molecular flexibility index (Phi) is 4.15. The predicted molar refractivity (Wildman–Crippen MR) is 71.4 cm³/mol. The molecule has 0 saturated carbocycles. The van der Waals surface area contributed by atoms with Gasteiger partial charge in [-0.1, -0.05) is 6.92 Å². The van der Waals surface area contributed by atoms with Crippen molar-refractivity contribution in [3.63, 3.8) is 0 Å². The van der Waals surface area contributed by atoms with Crippen molar-refractivity contribution in [2.75, 3.05) is 6.54 Å². The van der Waals surface area contributed by atoms with Gasteiger partial charge in [-0.2, -0.15) is 5.10 Å². The molecule has 5 nitrogen and oxygen atoms in total. The Morgan fingerprint density at radius 2 is 2.17 bits per heavy atom. The van der Waals surface area contributed by atoms with E-state index in [1.54, 1.807) is 0 Å². The van der Waals surface area contributed by atoms with Crippen molar-refractivity contribution in [3.8, 4) is 0 Å². The molecule has 0 atom stereocenters. The molecule has 0 aliphatic rings. The zero-order valence-electron chi connectivity index (χ0n) is 11.1. The molecular formula is C13H21N5. The third-order valence-electron chi connectivity index (χ3n) is 3.08. The molecule has 2 N–H and O–H groups in total. The van der Waals surface area contributed by atoms with Crippen LogP contribution in [0, 0.1) is 0 Å². The molecule has 0 aliphatic heterocycles. The van der Waals surface area contributed by atoms with Gasteiger partial charge < -0.3 is 10.3 Å². The zero-order chi connectivity index (χ0) is 13.0. The SMILES string of the molecule is CCc1cc(Cn2ccnc2CCN)n(CC)n1. The Balaban J connectivity index is 2.22. The monoisotopic (exact) mass is 247 g/mol. The van der Waals surface area contributed by atoms with E-state index in [-0.39, 0.29) is 0 Å². The van der Waals surface area contributed by atoms with Gasteiger partial charge in [-0.25, -0.2) is 4.98 Å². The second-order valence-corrected chi connectivity index (χ2v) is 4.31. The predicted octanol–water partition coefficient (Wildman–Crippen LogP) is 1.21. The smallest absolute Gasteiger partial charge is 0.110 e. The Hall–Kier alpha value is -1.62. The van der Waals surface area contributed by atoms with Crippen molar-refractivity contribution in [2.24, 2.45) is 5.73 Å². The fraction of sp³-hybridized carbons (Fsp3) is 0.538. The highest BCUT2D eigenvalue weighted by atomic mass is 15.3. The van der Waals surface area contributed by atoms with Crippen LogP contribution in [0.1, 0.15) is 31.1 Å². The quantitative estimate of drug-likeness (QED) is 0.834. The number of nitrogens with zero attached hydrogens (tertiary/aromatic N) is 4. The topological polar surface area (TPSA) is 61.7 Å². The Labute approximate surface area is 108 Å². The average Bonchev–Trinajstić information content (AvgIpc) is 2.97. The van der Waals surface area contributed by atoms with Crippen LogP contribution in [0.3, 0.4) is 0 Å². The van der Waals surface area contributed by atoms with Crippen LogP contribution in [0.2, 0.25) is 0 Å². The second-order valence-electron chi connectivity index (χ2n) is 4.31. The number of imidazole rings is 1. The van der Waals surface area contributed by atoms with E-state index in [4.69, 9.17) is 5.73 Å². The normalized spacial score (nSPS) is 11.1. The van der Waals surface area contributed by atoms with Crippen molar-refractivity contribution in [3.05, 3.63) is 35.7 Å². The summed E-state index contributed by atoms with van der Waals surface area (Å²) in [5, 5.41) is 4.56. The van der Waals surface area contributed by atoms with Gasteiger partial charge in [0.15, 0.2) is 0 Å². The molecule has 98 valence electrons. The molecule has 5 heteroatoms. The van der Waals surface area contributed by atoms with Gasteiger partial charge in [-0.05, 0) is 26.0 Å². The van der Waals surface area contributed by atoms with Gasteiger partial charge in [0, 0.05) is 25.4 Å². The van der Waals surface area contributed by atoms with Crippen LogP contribution in [0.25, 0.3) is 0 Å². The van der Waals surface area contributed by atoms with Crippen molar-refractivity contribution in [1.29, 1.82) is 0 Å². The minimum atomic E-state index is 0.629. The van der Waals surface area contributed by atoms with E-state index in [9.17, 15) is 0 Å². The maximum Gasteiger partial charge on any atom is 0.110 e. The Bertz CT molecular complexity index is 497. The van der Waals surface area contributed by atoms with Crippen molar-refractivity contribution >= 4 is 0 Å². The van der Waals surface area contributed by atoms with Gasteiger partial charge in [0.25, 0.3) is 0 Å². The van der Waals surface area contributed by atoms with Crippen LogP contribution in [0.4, 0.5) is 0 Å². The van der Waals surface area contributed by atoms with E-state index in [1.165, 1.54) is 5.69 Å². The molecule has 2 heterocycles. The lowest BCUT2D eigenvalue weighted by Crippen LogP contribution is -2.13. The third-order valence-corrected chi connectivity index (χ3v) is 3.08. The maximum absolute atomic E-state index is 5.59. The minimum Gasteiger partial charge on any atom is -0.330 e. The van der Waals surface area contributed by atoms with Crippen LogP contribution in [-0.2, 0) is 25.9 Å². The van der Waals surface area contributed by atoms with Gasteiger partial charge in [-0.15, -0.1) is 0 Å². The van der Waals surface area contributed by atoms with Crippen LogP contribution >= 0.6 is 0 Å². The summed E-state index contributed by atoms with van der Waals surface area (Å²) >= 11 is 0. The van der Waals surface area contributed by atoms with Crippen LogP contribution < -0.4 is 5.73 Å². The first kappa shape index (κ1) is 12.8. The highest BCUT2D eigenvalue weighted by Gasteiger charge is 2.08. The summed E-state index contributed by atoms with van der Waals surface area (Å²) in [4.78, 5) is 4.34. The lowest BCUT2D eigenvalue weighted by atomic mass is 10.3. The molecule has 0 aromatic carbocycles. The number of hydrogen-bond acceptors (Lipinski definition) is 3. The van der Waals surface area contributed by atoms with Crippen LogP contribution in [0.15, 0.2) is 18.5 Å². The molecule has 0 unspecified atom stereocenters. The summed E-state index contributed by atoms with van der Waals surface area (Å²) < 4.78 is 4.21.